The summed E-state index contributed by atoms with van der Waals surface area (Å²) in [6.07, 6.45) is 0. The highest BCUT2D eigenvalue weighted by atomic mass is 16.5. The minimum Gasteiger partial charge on any atom is -0.496 e. The largest absolute Gasteiger partial charge is 0.496 e. The molecule has 0 amide bonds. The van der Waals surface area contributed by atoms with Crippen LogP contribution >= 0.6 is 0 Å². The fourth-order valence-electron chi connectivity index (χ4n) is 1.95. The quantitative estimate of drug-likeness (QED) is 0.889. The van der Waals surface area contributed by atoms with Crippen molar-refractivity contribution in [2.45, 2.75) is 12.6 Å². The maximum atomic E-state index is 9.31. The molecule has 0 aliphatic rings. The van der Waals surface area contributed by atoms with E-state index in [0.717, 1.165) is 16.9 Å². The zero-order valence-electron chi connectivity index (χ0n) is 10.8. The highest BCUT2D eigenvalue weighted by molar-refractivity contribution is 5.38. The number of nitrogens with one attached hydrogen (secondary N) is 1. The molecule has 2 rings (SSSR count). The Kier molecular flexibility index (Phi) is 4.54. The van der Waals surface area contributed by atoms with Gasteiger partial charge in [0.15, 0.2) is 0 Å². The summed E-state index contributed by atoms with van der Waals surface area (Å²) < 4.78 is 5.29. The maximum Gasteiger partial charge on any atom is 0.125 e. The van der Waals surface area contributed by atoms with Crippen LogP contribution in [0.2, 0.25) is 0 Å². The molecule has 0 fully saturated rings. The van der Waals surface area contributed by atoms with Gasteiger partial charge in [0.05, 0.1) is 13.2 Å². The number of rotatable bonds is 5. The predicted octanol–water partition coefficient (Wildman–Crippen LogP) is 3.05. The summed E-state index contributed by atoms with van der Waals surface area (Å²) >= 11 is 0. The highest BCUT2D eigenvalue weighted by Gasteiger charge is 2.14. The van der Waals surface area contributed by atoms with Crippen molar-refractivity contribution in [2.75, 3.05) is 7.11 Å². The number of nitrogens with zero attached hydrogens (tertiary/aromatic N) is 1. The summed E-state index contributed by atoms with van der Waals surface area (Å²) in [6, 6.07) is 19.5. The number of para-hydroxylation sites is 1. The van der Waals surface area contributed by atoms with Gasteiger partial charge in [0, 0.05) is 12.1 Å². The number of hydrogen-bond donors (Lipinski definition) is 1. The van der Waals surface area contributed by atoms with E-state index < -0.39 is 0 Å². The van der Waals surface area contributed by atoms with E-state index in [1.54, 1.807) is 7.11 Å². The summed E-state index contributed by atoms with van der Waals surface area (Å²) in [5.41, 5.74) is 2.01. The van der Waals surface area contributed by atoms with E-state index in [2.05, 4.69) is 11.4 Å². The molecule has 1 unspecified atom stereocenters. The first-order chi connectivity index (χ1) is 9.35. The summed E-state index contributed by atoms with van der Waals surface area (Å²) in [4.78, 5) is 0. The van der Waals surface area contributed by atoms with E-state index in [1.807, 2.05) is 54.6 Å². The van der Waals surface area contributed by atoms with Crippen LogP contribution in [0.3, 0.4) is 0 Å². The van der Waals surface area contributed by atoms with Gasteiger partial charge in [-0.3, -0.25) is 5.32 Å². The molecule has 0 saturated carbocycles. The molecule has 0 aromatic heterocycles. The Labute approximate surface area is 113 Å². The number of hydrogen-bond acceptors (Lipinski definition) is 3. The first-order valence-electron chi connectivity index (χ1n) is 6.15. The second kappa shape index (κ2) is 6.58. The second-order valence-corrected chi connectivity index (χ2v) is 4.17. The molecular weight excluding hydrogens is 236 g/mol. The van der Waals surface area contributed by atoms with Crippen LogP contribution in [-0.4, -0.2) is 7.11 Å². The number of benzene rings is 2. The van der Waals surface area contributed by atoms with Crippen molar-refractivity contribution in [1.29, 1.82) is 5.26 Å². The minimum absolute atomic E-state index is 0.378. The van der Waals surface area contributed by atoms with Crippen molar-refractivity contribution < 1.29 is 4.74 Å². The lowest BCUT2D eigenvalue weighted by molar-refractivity contribution is 0.405. The molecule has 96 valence electrons. The molecule has 0 heterocycles. The van der Waals surface area contributed by atoms with Gasteiger partial charge in [-0.2, -0.15) is 5.26 Å². The smallest absolute Gasteiger partial charge is 0.125 e. The molecule has 3 nitrogen and oxygen atoms in total. The molecule has 2 aromatic carbocycles. The Morgan fingerprint density at radius 3 is 2.47 bits per heavy atom. The molecule has 0 aliphatic carbocycles. The molecule has 3 heteroatoms. The lowest BCUT2D eigenvalue weighted by atomic mass is 10.1. The maximum absolute atomic E-state index is 9.31. The fraction of sp³-hybridized carbons (Fsp3) is 0.188. The third kappa shape index (κ3) is 3.34. The zero-order valence-corrected chi connectivity index (χ0v) is 10.8. The van der Waals surface area contributed by atoms with Crippen molar-refractivity contribution in [2.24, 2.45) is 0 Å². The first-order valence-corrected chi connectivity index (χ1v) is 6.15. The van der Waals surface area contributed by atoms with Crippen molar-refractivity contribution in [1.82, 2.24) is 5.32 Å². The van der Waals surface area contributed by atoms with Gasteiger partial charge in [0.1, 0.15) is 11.8 Å². The van der Waals surface area contributed by atoms with Crippen molar-refractivity contribution in [3.05, 3.63) is 65.7 Å². The molecule has 19 heavy (non-hydrogen) atoms. The van der Waals surface area contributed by atoms with Crippen LogP contribution in [0.4, 0.5) is 0 Å². The van der Waals surface area contributed by atoms with Crippen LogP contribution in [0, 0.1) is 11.3 Å². The summed E-state index contributed by atoms with van der Waals surface area (Å²) in [6.45, 7) is 0.650. The third-order valence-corrected chi connectivity index (χ3v) is 2.93. The predicted molar refractivity (Wildman–Crippen MR) is 74.6 cm³/mol. The van der Waals surface area contributed by atoms with E-state index in [4.69, 9.17) is 4.74 Å². The SMILES string of the molecule is COc1ccccc1C(C#N)NCc1ccccc1. The Morgan fingerprint density at radius 2 is 1.79 bits per heavy atom. The molecular formula is C16H16N2O. The van der Waals surface area contributed by atoms with Crippen LogP contribution in [-0.2, 0) is 6.54 Å². The van der Waals surface area contributed by atoms with Gasteiger partial charge in [0.2, 0.25) is 0 Å². The number of nitriles is 1. The van der Waals surface area contributed by atoms with E-state index >= 15 is 0 Å². The van der Waals surface area contributed by atoms with Crippen molar-refractivity contribution in [3.8, 4) is 11.8 Å². The topological polar surface area (TPSA) is 45.0 Å². The van der Waals surface area contributed by atoms with Gasteiger partial charge in [0.25, 0.3) is 0 Å². The van der Waals surface area contributed by atoms with Crippen LogP contribution in [0.25, 0.3) is 0 Å². The molecule has 0 aliphatic heterocycles. The molecule has 1 N–H and O–H groups in total. The standard InChI is InChI=1S/C16H16N2O/c1-19-16-10-6-5-9-14(16)15(11-17)18-12-13-7-3-2-4-8-13/h2-10,15,18H,12H2,1H3. The first kappa shape index (κ1) is 13.1. The molecule has 0 saturated heterocycles. The Hall–Kier alpha value is -2.31. The van der Waals surface area contributed by atoms with Gasteiger partial charge in [-0.15, -0.1) is 0 Å². The number of methoxy groups -OCH3 is 1. The molecule has 0 spiro atoms. The molecule has 2 aromatic rings. The van der Waals surface area contributed by atoms with E-state index in [1.165, 1.54) is 0 Å². The highest BCUT2D eigenvalue weighted by Crippen LogP contribution is 2.24. The minimum atomic E-state index is -0.378. The monoisotopic (exact) mass is 252 g/mol. The number of ether oxygens (including phenoxy) is 1. The van der Waals surface area contributed by atoms with Crippen LogP contribution in [0.1, 0.15) is 17.2 Å². The van der Waals surface area contributed by atoms with Crippen molar-refractivity contribution in [3.63, 3.8) is 0 Å². The van der Waals surface area contributed by atoms with Crippen LogP contribution in [0.15, 0.2) is 54.6 Å². The van der Waals surface area contributed by atoms with Gasteiger partial charge in [-0.25, -0.2) is 0 Å². The average molecular weight is 252 g/mol. The van der Waals surface area contributed by atoms with Crippen molar-refractivity contribution >= 4 is 0 Å². The summed E-state index contributed by atoms with van der Waals surface area (Å²) in [5.74, 6) is 0.731. The summed E-state index contributed by atoms with van der Waals surface area (Å²) in [7, 11) is 1.62. The Bertz CT molecular complexity index is 560. The molecule has 0 bridgehead atoms. The molecule has 0 radical (unpaired) electrons. The Morgan fingerprint density at radius 1 is 1.11 bits per heavy atom. The fourth-order valence-corrected chi connectivity index (χ4v) is 1.95. The third-order valence-electron chi connectivity index (χ3n) is 2.93. The lowest BCUT2D eigenvalue weighted by Crippen LogP contribution is -2.20. The normalized spacial score (nSPS) is 11.6. The second-order valence-electron chi connectivity index (χ2n) is 4.17. The Balaban J connectivity index is 2.11. The van der Waals surface area contributed by atoms with Gasteiger partial charge < -0.3 is 4.74 Å². The van der Waals surface area contributed by atoms with Crippen LogP contribution < -0.4 is 10.1 Å². The zero-order chi connectivity index (χ0) is 13.5. The van der Waals surface area contributed by atoms with Gasteiger partial charge in [-0.1, -0.05) is 48.5 Å². The lowest BCUT2D eigenvalue weighted by Gasteiger charge is -2.15. The van der Waals surface area contributed by atoms with E-state index in [0.29, 0.717) is 6.54 Å². The van der Waals surface area contributed by atoms with E-state index in [-0.39, 0.29) is 6.04 Å². The van der Waals surface area contributed by atoms with Gasteiger partial charge in [-0.05, 0) is 11.6 Å². The van der Waals surface area contributed by atoms with Crippen LogP contribution in [0.5, 0.6) is 5.75 Å². The van der Waals surface area contributed by atoms with E-state index in [9.17, 15) is 5.26 Å². The van der Waals surface area contributed by atoms with Gasteiger partial charge >= 0.3 is 0 Å². The summed E-state index contributed by atoms with van der Waals surface area (Å²) in [5, 5.41) is 12.5. The average Bonchev–Trinajstić information content (AvgIpc) is 2.49. The molecule has 1 atom stereocenters.